The summed E-state index contributed by atoms with van der Waals surface area (Å²) in [5.41, 5.74) is 7.05. The molecule has 0 bridgehead atoms. The predicted molar refractivity (Wildman–Crippen MR) is 77.9 cm³/mol. The Kier molecular flexibility index (Phi) is 4.65. The second-order valence-corrected chi connectivity index (χ2v) is 4.69. The highest BCUT2D eigenvalue weighted by molar-refractivity contribution is 6.30. The van der Waals surface area contributed by atoms with Gasteiger partial charge in [0.1, 0.15) is 18.2 Å². The number of nitrogen functional groups attached to an aromatic ring is 1. The fourth-order valence-corrected chi connectivity index (χ4v) is 1.83. The molecule has 110 valence electrons. The zero-order valence-electron chi connectivity index (χ0n) is 11.2. The van der Waals surface area contributed by atoms with E-state index in [0.29, 0.717) is 22.6 Å². The van der Waals surface area contributed by atoms with Crippen LogP contribution in [0, 0.1) is 5.82 Å². The predicted octanol–water partition coefficient (Wildman–Crippen LogP) is 3.43. The first-order chi connectivity index (χ1) is 10.0. The Hall–Kier alpha value is -2.27. The number of nitrogens with two attached hydrogens (primary N) is 1. The molecular weight excluding hydrogens is 297 g/mol. The van der Waals surface area contributed by atoms with Gasteiger partial charge in [0.15, 0.2) is 0 Å². The van der Waals surface area contributed by atoms with Crippen molar-refractivity contribution in [2.75, 3.05) is 12.8 Å². The van der Waals surface area contributed by atoms with Gasteiger partial charge in [-0.1, -0.05) is 17.7 Å². The van der Waals surface area contributed by atoms with Crippen LogP contribution in [0.1, 0.15) is 15.9 Å². The SMILES string of the molecule is COC(=O)c1ccc(OCc2ccc(Cl)c(F)c2)c(N)c1. The van der Waals surface area contributed by atoms with E-state index in [4.69, 9.17) is 22.1 Å². The lowest BCUT2D eigenvalue weighted by molar-refractivity contribution is 0.0600. The number of rotatable bonds is 4. The van der Waals surface area contributed by atoms with Gasteiger partial charge < -0.3 is 15.2 Å². The average molecular weight is 310 g/mol. The Bertz CT molecular complexity index is 676. The van der Waals surface area contributed by atoms with Crippen molar-refractivity contribution in [3.05, 3.63) is 58.4 Å². The molecule has 0 unspecified atom stereocenters. The Balaban J connectivity index is 2.09. The fourth-order valence-electron chi connectivity index (χ4n) is 1.72. The molecule has 0 amide bonds. The van der Waals surface area contributed by atoms with Gasteiger partial charge in [-0.2, -0.15) is 0 Å². The third-order valence-electron chi connectivity index (χ3n) is 2.81. The van der Waals surface area contributed by atoms with Crippen molar-refractivity contribution in [2.24, 2.45) is 0 Å². The van der Waals surface area contributed by atoms with Crippen LogP contribution >= 0.6 is 11.6 Å². The van der Waals surface area contributed by atoms with Crippen LogP contribution < -0.4 is 10.5 Å². The van der Waals surface area contributed by atoms with Crippen LogP contribution in [0.3, 0.4) is 0 Å². The van der Waals surface area contributed by atoms with Crippen molar-refractivity contribution in [3.63, 3.8) is 0 Å². The summed E-state index contributed by atoms with van der Waals surface area (Å²) in [6, 6.07) is 8.97. The minimum atomic E-state index is -0.508. The standard InChI is InChI=1S/C15H13ClFNO3/c1-20-15(19)10-3-5-14(13(18)7-10)21-8-9-2-4-11(16)12(17)6-9/h2-7H,8,18H2,1H3. The van der Waals surface area contributed by atoms with Crippen LogP contribution in [0.4, 0.5) is 10.1 Å². The minimum absolute atomic E-state index is 0.0562. The van der Waals surface area contributed by atoms with E-state index in [0.717, 1.165) is 0 Å². The van der Waals surface area contributed by atoms with Crippen molar-refractivity contribution in [2.45, 2.75) is 6.61 Å². The molecule has 6 heteroatoms. The summed E-state index contributed by atoms with van der Waals surface area (Å²) in [4.78, 5) is 11.4. The molecule has 2 aromatic rings. The summed E-state index contributed by atoms with van der Waals surface area (Å²) in [7, 11) is 1.29. The summed E-state index contributed by atoms with van der Waals surface area (Å²) in [6.07, 6.45) is 0. The molecule has 0 fully saturated rings. The smallest absolute Gasteiger partial charge is 0.337 e. The number of esters is 1. The lowest BCUT2D eigenvalue weighted by Crippen LogP contribution is -2.04. The largest absolute Gasteiger partial charge is 0.487 e. The molecule has 0 saturated heterocycles. The molecule has 0 radical (unpaired) electrons. The Morgan fingerprint density at radius 3 is 2.67 bits per heavy atom. The quantitative estimate of drug-likeness (QED) is 0.694. The highest BCUT2D eigenvalue weighted by Crippen LogP contribution is 2.24. The van der Waals surface area contributed by atoms with E-state index in [1.54, 1.807) is 18.2 Å². The number of ether oxygens (including phenoxy) is 2. The van der Waals surface area contributed by atoms with Gasteiger partial charge in [-0.15, -0.1) is 0 Å². The topological polar surface area (TPSA) is 61.5 Å². The summed E-state index contributed by atoms with van der Waals surface area (Å²) < 4.78 is 23.4. The second kappa shape index (κ2) is 6.45. The van der Waals surface area contributed by atoms with E-state index in [9.17, 15) is 9.18 Å². The third-order valence-corrected chi connectivity index (χ3v) is 3.12. The Labute approximate surface area is 126 Å². The highest BCUT2D eigenvalue weighted by atomic mass is 35.5. The maximum absolute atomic E-state index is 13.3. The van der Waals surface area contributed by atoms with E-state index in [1.807, 2.05) is 0 Å². The number of halogens is 2. The molecular formula is C15H13ClFNO3. The molecule has 0 heterocycles. The van der Waals surface area contributed by atoms with Gasteiger partial charge in [-0.05, 0) is 35.9 Å². The molecule has 0 aromatic heterocycles. The maximum atomic E-state index is 13.3. The molecule has 0 saturated carbocycles. The van der Waals surface area contributed by atoms with Gasteiger partial charge in [0.2, 0.25) is 0 Å². The van der Waals surface area contributed by atoms with Crippen molar-refractivity contribution >= 4 is 23.3 Å². The van der Waals surface area contributed by atoms with E-state index in [-0.39, 0.29) is 11.6 Å². The zero-order valence-corrected chi connectivity index (χ0v) is 12.0. The number of hydrogen-bond acceptors (Lipinski definition) is 4. The van der Waals surface area contributed by atoms with Gasteiger partial charge in [0.25, 0.3) is 0 Å². The van der Waals surface area contributed by atoms with Crippen LogP contribution in [0.2, 0.25) is 5.02 Å². The van der Waals surface area contributed by atoms with Crippen molar-refractivity contribution < 1.29 is 18.7 Å². The van der Waals surface area contributed by atoms with Gasteiger partial charge in [-0.25, -0.2) is 9.18 Å². The van der Waals surface area contributed by atoms with Crippen molar-refractivity contribution in [1.82, 2.24) is 0 Å². The summed E-state index contributed by atoms with van der Waals surface area (Å²) >= 11 is 5.60. The molecule has 0 aliphatic carbocycles. The van der Waals surface area contributed by atoms with Gasteiger partial charge in [0.05, 0.1) is 23.4 Å². The Morgan fingerprint density at radius 2 is 2.05 bits per heavy atom. The van der Waals surface area contributed by atoms with Crippen LogP contribution in [-0.4, -0.2) is 13.1 Å². The van der Waals surface area contributed by atoms with E-state index >= 15 is 0 Å². The average Bonchev–Trinajstić information content (AvgIpc) is 2.48. The number of benzene rings is 2. The maximum Gasteiger partial charge on any atom is 0.337 e. The van der Waals surface area contributed by atoms with Crippen LogP contribution in [0.15, 0.2) is 36.4 Å². The minimum Gasteiger partial charge on any atom is -0.487 e. The molecule has 0 aliphatic heterocycles. The molecule has 0 spiro atoms. The number of carbonyl (C=O) groups excluding carboxylic acids is 1. The number of anilines is 1. The lowest BCUT2D eigenvalue weighted by atomic mass is 10.2. The van der Waals surface area contributed by atoms with Gasteiger partial charge in [-0.3, -0.25) is 0 Å². The van der Waals surface area contributed by atoms with Gasteiger partial charge in [0, 0.05) is 0 Å². The number of methoxy groups -OCH3 is 1. The molecule has 0 atom stereocenters. The van der Waals surface area contributed by atoms with E-state index < -0.39 is 11.8 Å². The summed E-state index contributed by atoms with van der Waals surface area (Å²) in [5, 5.41) is 0.0562. The lowest BCUT2D eigenvalue weighted by Gasteiger charge is -2.10. The van der Waals surface area contributed by atoms with Crippen LogP contribution in [0.25, 0.3) is 0 Å². The first-order valence-electron chi connectivity index (χ1n) is 6.06. The first kappa shape index (κ1) is 15.1. The molecule has 21 heavy (non-hydrogen) atoms. The molecule has 2 rings (SSSR count). The molecule has 0 aliphatic rings. The summed E-state index contributed by atoms with van der Waals surface area (Å²) in [5.74, 6) is -0.585. The van der Waals surface area contributed by atoms with Crippen LogP contribution in [0.5, 0.6) is 5.75 Å². The zero-order chi connectivity index (χ0) is 15.4. The fraction of sp³-hybridized carbons (Fsp3) is 0.133. The highest BCUT2D eigenvalue weighted by Gasteiger charge is 2.09. The normalized spacial score (nSPS) is 10.2. The first-order valence-corrected chi connectivity index (χ1v) is 6.43. The molecule has 2 aromatic carbocycles. The Morgan fingerprint density at radius 1 is 1.29 bits per heavy atom. The van der Waals surface area contributed by atoms with E-state index in [1.165, 1.54) is 25.3 Å². The van der Waals surface area contributed by atoms with E-state index in [2.05, 4.69) is 4.74 Å². The monoisotopic (exact) mass is 309 g/mol. The third kappa shape index (κ3) is 3.64. The van der Waals surface area contributed by atoms with Crippen molar-refractivity contribution in [1.29, 1.82) is 0 Å². The van der Waals surface area contributed by atoms with Crippen LogP contribution in [-0.2, 0) is 11.3 Å². The van der Waals surface area contributed by atoms with Crippen molar-refractivity contribution in [3.8, 4) is 5.75 Å². The molecule has 2 N–H and O–H groups in total. The summed E-state index contributed by atoms with van der Waals surface area (Å²) in [6.45, 7) is 0.135. The number of hydrogen-bond donors (Lipinski definition) is 1. The van der Waals surface area contributed by atoms with Gasteiger partial charge >= 0.3 is 5.97 Å². The second-order valence-electron chi connectivity index (χ2n) is 4.28. The molecule has 4 nitrogen and oxygen atoms in total. The number of carbonyl (C=O) groups is 1.